The Balaban J connectivity index is 2.25. The number of rotatable bonds is 5. The fraction of sp³-hybridized carbons (Fsp3) is 0.429. The zero-order chi connectivity index (χ0) is 13.8. The summed E-state index contributed by atoms with van der Waals surface area (Å²) in [4.78, 5) is 4.34. The van der Waals surface area contributed by atoms with Crippen molar-refractivity contribution in [1.82, 2.24) is 10.1 Å². The average Bonchev–Trinajstić information content (AvgIpc) is 2.88. The smallest absolute Gasteiger partial charge is 0.244 e. The molecule has 0 saturated heterocycles. The van der Waals surface area contributed by atoms with E-state index >= 15 is 0 Å². The van der Waals surface area contributed by atoms with Gasteiger partial charge < -0.3 is 15.0 Å². The van der Waals surface area contributed by atoms with Crippen molar-refractivity contribution < 1.29 is 9.26 Å². The molecular formula is C14H19N3O2. The summed E-state index contributed by atoms with van der Waals surface area (Å²) < 4.78 is 10.7. The van der Waals surface area contributed by atoms with Crippen LogP contribution in [-0.2, 0) is 0 Å². The normalized spacial score (nSPS) is 12.7. The quantitative estimate of drug-likeness (QED) is 0.895. The molecule has 2 N–H and O–H groups in total. The van der Waals surface area contributed by atoms with Crippen molar-refractivity contribution in [2.24, 2.45) is 11.7 Å². The van der Waals surface area contributed by atoms with Crippen LogP contribution < -0.4 is 10.5 Å². The molecule has 102 valence electrons. The Morgan fingerprint density at radius 1 is 1.37 bits per heavy atom. The molecule has 1 aromatic heterocycles. The molecule has 1 aromatic carbocycles. The minimum absolute atomic E-state index is 0.240. The number of aromatic nitrogens is 2. The van der Waals surface area contributed by atoms with Crippen molar-refractivity contribution in [3.05, 3.63) is 30.2 Å². The van der Waals surface area contributed by atoms with Gasteiger partial charge in [-0.05, 0) is 25.0 Å². The van der Waals surface area contributed by atoms with E-state index in [0.717, 1.165) is 11.3 Å². The highest BCUT2D eigenvalue weighted by Gasteiger charge is 2.18. The van der Waals surface area contributed by atoms with Gasteiger partial charge in [-0.1, -0.05) is 31.1 Å². The summed E-state index contributed by atoms with van der Waals surface area (Å²) in [6.45, 7) is 6.61. The van der Waals surface area contributed by atoms with Crippen LogP contribution in [0.1, 0.15) is 32.7 Å². The number of benzene rings is 1. The summed E-state index contributed by atoms with van der Waals surface area (Å²) in [5, 5.41) is 3.97. The second-order valence-electron chi connectivity index (χ2n) is 4.69. The molecule has 19 heavy (non-hydrogen) atoms. The van der Waals surface area contributed by atoms with Crippen LogP contribution in [0.2, 0.25) is 0 Å². The van der Waals surface area contributed by atoms with Gasteiger partial charge in [-0.3, -0.25) is 0 Å². The SMILES string of the molecule is CCOc1cccc(-c2noc([C@@H](N)C(C)C)n2)c1. The highest BCUT2D eigenvalue weighted by Crippen LogP contribution is 2.24. The predicted molar refractivity (Wildman–Crippen MR) is 72.7 cm³/mol. The van der Waals surface area contributed by atoms with Crippen LogP contribution in [-0.4, -0.2) is 16.7 Å². The molecular weight excluding hydrogens is 242 g/mol. The number of hydrogen-bond acceptors (Lipinski definition) is 5. The number of nitrogens with two attached hydrogens (primary N) is 1. The second-order valence-corrected chi connectivity index (χ2v) is 4.69. The summed E-state index contributed by atoms with van der Waals surface area (Å²) >= 11 is 0. The maximum atomic E-state index is 5.99. The molecule has 0 spiro atoms. The molecule has 0 fully saturated rings. The molecule has 2 aromatic rings. The molecule has 5 nitrogen and oxygen atoms in total. The van der Waals surface area contributed by atoms with E-state index in [2.05, 4.69) is 10.1 Å². The van der Waals surface area contributed by atoms with E-state index in [1.54, 1.807) is 0 Å². The van der Waals surface area contributed by atoms with Gasteiger partial charge in [0.05, 0.1) is 12.6 Å². The van der Waals surface area contributed by atoms with Crippen molar-refractivity contribution in [1.29, 1.82) is 0 Å². The van der Waals surface area contributed by atoms with Crippen molar-refractivity contribution in [2.45, 2.75) is 26.8 Å². The molecule has 0 aliphatic heterocycles. The van der Waals surface area contributed by atoms with Crippen LogP contribution >= 0.6 is 0 Å². The average molecular weight is 261 g/mol. The van der Waals surface area contributed by atoms with E-state index in [9.17, 15) is 0 Å². The van der Waals surface area contributed by atoms with E-state index in [1.165, 1.54) is 0 Å². The summed E-state index contributed by atoms with van der Waals surface area (Å²) in [7, 11) is 0. The van der Waals surface area contributed by atoms with E-state index < -0.39 is 0 Å². The van der Waals surface area contributed by atoms with Gasteiger partial charge in [-0.25, -0.2) is 0 Å². The molecule has 0 aliphatic rings. The third-order valence-electron chi connectivity index (χ3n) is 2.85. The van der Waals surface area contributed by atoms with E-state index in [-0.39, 0.29) is 12.0 Å². The summed E-state index contributed by atoms with van der Waals surface area (Å²) in [6.07, 6.45) is 0. The van der Waals surface area contributed by atoms with Crippen LogP contribution in [0.3, 0.4) is 0 Å². The van der Waals surface area contributed by atoms with Crippen LogP contribution in [0.15, 0.2) is 28.8 Å². The number of ether oxygens (including phenoxy) is 1. The van der Waals surface area contributed by atoms with E-state index in [0.29, 0.717) is 18.3 Å². The molecule has 5 heteroatoms. The Morgan fingerprint density at radius 3 is 2.84 bits per heavy atom. The lowest BCUT2D eigenvalue weighted by Crippen LogP contribution is -2.16. The fourth-order valence-electron chi connectivity index (χ4n) is 1.66. The Bertz CT molecular complexity index is 537. The summed E-state index contributed by atoms with van der Waals surface area (Å²) in [6, 6.07) is 7.36. The number of nitrogens with zero attached hydrogens (tertiary/aromatic N) is 2. The first-order valence-corrected chi connectivity index (χ1v) is 6.44. The maximum Gasteiger partial charge on any atom is 0.244 e. The lowest BCUT2D eigenvalue weighted by Gasteiger charge is -2.09. The monoisotopic (exact) mass is 261 g/mol. The Labute approximate surface area is 112 Å². The Kier molecular flexibility index (Phi) is 4.16. The first-order chi connectivity index (χ1) is 9.11. The van der Waals surface area contributed by atoms with Crippen molar-refractivity contribution in [2.75, 3.05) is 6.61 Å². The minimum Gasteiger partial charge on any atom is -0.494 e. The van der Waals surface area contributed by atoms with Gasteiger partial charge in [0, 0.05) is 5.56 Å². The van der Waals surface area contributed by atoms with Gasteiger partial charge in [-0.15, -0.1) is 0 Å². The molecule has 0 amide bonds. The fourth-order valence-corrected chi connectivity index (χ4v) is 1.66. The molecule has 1 atom stereocenters. The first-order valence-electron chi connectivity index (χ1n) is 6.44. The Morgan fingerprint density at radius 2 is 2.16 bits per heavy atom. The predicted octanol–water partition coefficient (Wildman–Crippen LogP) is 2.79. The molecule has 1 heterocycles. The molecule has 0 saturated carbocycles. The van der Waals surface area contributed by atoms with Crippen LogP contribution in [0.25, 0.3) is 11.4 Å². The van der Waals surface area contributed by atoms with Gasteiger partial charge in [0.25, 0.3) is 0 Å². The topological polar surface area (TPSA) is 74.2 Å². The lowest BCUT2D eigenvalue weighted by atomic mass is 10.1. The molecule has 0 aliphatic carbocycles. The summed E-state index contributed by atoms with van der Waals surface area (Å²) in [5.41, 5.74) is 6.84. The molecule has 0 unspecified atom stereocenters. The third kappa shape index (κ3) is 3.12. The second kappa shape index (κ2) is 5.84. The highest BCUT2D eigenvalue weighted by molar-refractivity contribution is 5.56. The first kappa shape index (κ1) is 13.5. The maximum absolute atomic E-state index is 5.99. The minimum atomic E-state index is -0.240. The summed E-state index contributed by atoms with van der Waals surface area (Å²) in [5.74, 6) is 2.04. The Hall–Kier alpha value is -1.88. The highest BCUT2D eigenvalue weighted by atomic mass is 16.5. The lowest BCUT2D eigenvalue weighted by molar-refractivity contribution is 0.325. The van der Waals surface area contributed by atoms with Crippen LogP contribution in [0, 0.1) is 5.92 Å². The van der Waals surface area contributed by atoms with Gasteiger partial charge >= 0.3 is 0 Å². The van der Waals surface area contributed by atoms with Gasteiger partial charge in [0.1, 0.15) is 5.75 Å². The zero-order valence-corrected chi connectivity index (χ0v) is 11.5. The van der Waals surface area contributed by atoms with Gasteiger partial charge in [0.2, 0.25) is 11.7 Å². The van der Waals surface area contributed by atoms with E-state index in [1.807, 2.05) is 45.0 Å². The van der Waals surface area contributed by atoms with Crippen molar-refractivity contribution in [3.63, 3.8) is 0 Å². The molecule has 0 bridgehead atoms. The van der Waals surface area contributed by atoms with Crippen LogP contribution in [0.4, 0.5) is 0 Å². The largest absolute Gasteiger partial charge is 0.494 e. The molecule has 2 rings (SSSR count). The van der Waals surface area contributed by atoms with Gasteiger partial charge in [0.15, 0.2) is 0 Å². The zero-order valence-electron chi connectivity index (χ0n) is 11.5. The van der Waals surface area contributed by atoms with E-state index in [4.69, 9.17) is 15.0 Å². The standard InChI is InChI=1S/C14H19N3O2/c1-4-18-11-7-5-6-10(8-11)13-16-14(19-17-13)12(15)9(2)3/h5-9,12H,4,15H2,1-3H3/t12-/m0/s1. The van der Waals surface area contributed by atoms with Crippen LogP contribution in [0.5, 0.6) is 5.75 Å². The molecule has 0 radical (unpaired) electrons. The van der Waals surface area contributed by atoms with Crippen molar-refractivity contribution >= 4 is 0 Å². The number of hydrogen-bond donors (Lipinski definition) is 1. The third-order valence-corrected chi connectivity index (χ3v) is 2.85. The van der Waals surface area contributed by atoms with Gasteiger partial charge in [-0.2, -0.15) is 4.98 Å². The van der Waals surface area contributed by atoms with Crippen molar-refractivity contribution in [3.8, 4) is 17.1 Å².